The van der Waals surface area contributed by atoms with Crippen LogP contribution in [0.4, 0.5) is 0 Å². The molecule has 1 saturated heterocycles. The Bertz CT molecular complexity index is 666. The third-order valence-corrected chi connectivity index (χ3v) is 6.31. The number of aromatic hydroxyl groups is 1. The van der Waals surface area contributed by atoms with Crippen LogP contribution in [0.5, 0.6) is 11.5 Å². The van der Waals surface area contributed by atoms with Crippen molar-refractivity contribution in [1.29, 1.82) is 0 Å². The number of rotatable bonds is 6. The molecule has 27 heavy (non-hydrogen) atoms. The van der Waals surface area contributed by atoms with E-state index in [1.807, 2.05) is 19.1 Å². The highest BCUT2D eigenvalue weighted by Gasteiger charge is 2.52. The first-order valence-corrected chi connectivity index (χ1v) is 10.2. The number of phenolic OH excluding ortho intramolecular Hbond substituents is 1. The number of aliphatic hydroxyl groups is 1. The molecule has 1 aliphatic heterocycles. The zero-order valence-electron chi connectivity index (χ0n) is 16.5. The van der Waals surface area contributed by atoms with Crippen LogP contribution in [0, 0.1) is 5.92 Å². The first-order valence-electron chi connectivity index (χ1n) is 10.2. The highest BCUT2D eigenvalue weighted by molar-refractivity contribution is 5.76. The molecule has 0 aromatic heterocycles. The van der Waals surface area contributed by atoms with Crippen LogP contribution in [0.3, 0.4) is 0 Å². The van der Waals surface area contributed by atoms with E-state index in [0.717, 1.165) is 50.6 Å². The summed E-state index contributed by atoms with van der Waals surface area (Å²) in [5.74, 6) is 0.720. The summed E-state index contributed by atoms with van der Waals surface area (Å²) in [6, 6.07) is 5.45. The summed E-state index contributed by atoms with van der Waals surface area (Å²) in [4.78, 5) is 13.6. The Labute approximate surface area is 161 Å². The summed E-state index contributed by atoms with van der Waals surface area (Å²) in [7, 11) is 1.54. The molecule has 6 nitrogen and oxygen atoms in total. The van der Waals surface area contributed by atoms with E-state index in [-0.39, 0.29) is 23.6 Å². The predicted molar refractivity (Wildman–Crippen MR) is 103 cm³/mol. The number of likely N-dealkylation sites (tertiary alicyclic amines) is 1. The van der Waals surface area contributed by atoms with Gasteiger partial charge in [0.05, 0.1) is 19.3 Å². The lowest BCUT2D eigenvalue weighted by atomic mass is 9.66. The highest BCUT2D eigenvalue weighted by Crippen LogP contribution is 2.44. The normalized spacial score (nSPS) is 30.4. The van der Waals surface area contributed by atoms with Gasteiger partial charge < -0.3 is 25.2 Å². The van der Waals surface area contributed by atoms with Gasteiger partial charge in [-0.05, 0) is 37.5 Å². The summed E-state index contributed by atoms with van der Waals surface area (Å²) in [6.07, 6.45) is 5.61. The number of carbonyl (C=O) groups is 1. The van der Waals surface area contributed by atoms with Gasteiger partial charge in [-0.1, -0.05) is 19.8 Å². The number of fused-ring (bicyclic) bond motifs is 1. The molecule has 1 aromatic carbocycles. The molecule has 0 radical (unpaired) electrons. The zero-order valence-corrected chi connectivity index (χ0v) is 16.5. The molecule has 0 spiro atoms. The standard InChI is InChI=1S/C21H32N2O4/c1-3-11-22-19(25)14-23-12-10-21(26)9-5-4-6-16(21)20(23)15-7-8-17(24)18(13-15)27-2/h7-8,13,16,20,24,26H,3-6,9-12,14H2,1-2H3,(H,22,25)/p+1/t16-,20-,21-/m1/s1. The van der Waals surface area contributed by atoms with E-state index in [2.05, 4.69) is 5.32 Å². The number of quaternary nitrogens is 1. The summed E-state index contributed by atoms with van der Waals surface area (Å²) in [6.45, 7) is 3.90. The van der Waals surface area contributed by atoms with Crippen molar-refractivity contribution < 1.29 is 24.6 Å². The second-order valence-corrected chi connectivity index (χ2v) is 8.05. The molecule has 150 valence electrons. The lowest BCUT2D eigenvalue weighted by Gasteiger charge is -2.50. The van der Waals surface area contributed by atoms with E-state index in [9.17, 15) is 15.0 Å². The minimum Gasteiger partial charge on any atom is -0.504 e. The number of ether oxygens (including phenoxy) is 1. The lowest BCUT2D eigenvalue weighted by Crippen LogP contribution is -3.16. The quantitative estimate of drug-likeness (QED) is 0.600. The number of hydrogen-bond donors (Lipinski definition) is 4. The summed E-state index contributed by atoms with van der Waals surface area (Å²) < 4.78 is 5.31. The molecule has 1 aromatic rings. The maximum absolute atomic E-state index is 12.4. The fourth-order valence-electron chi connectivity index (χ4n) is 4.94. The van der Waals surface area contributed by atoms with Crippen LogP contribution < -0.4 is 15.0 Å². The van der Waals surface area contributed by atoms with Crippen LogP contribution in [0.2, 0.25) is 0 Å². The average Bonchev–Trinajstić information content (AvgIpc) is 2.67. The third-order valence-electron chi connectivity index (χ3n) is 6.31. The highest BCUT2D eigenvalue weighted by atomic mass is 16.5. The maximum Gasteiger partial charge on any atom is 0.275 e. The van der Waals surface area contributed by atoms with Gasteiger partial charge in [-0.2, -0.15) is 0 Å². The van der Waals surface area contributed by atoms with Gasteiger partial charge >= 0.3 is 0 Å². The Kier molecular flexibility index (Phi) is 6.27. The fourth-order valence-corrected chi connectivity index (χ4v) is 4.94. The van der Waals surface area contributed by atoms with Crippen LogP contribution in [0.1, 0.15) is 57.1 Å². The largest absolute Gasteiger partial charge is 0.504 e. The van der Waals surface area contributed by atoms with Crippen molar-refractivity contribution in [2.75, 3.05) is 26.7 Å². The van der Waals surface area contributed by atoms with Crippen molar-refractivity contribution in [2.45, 2.75) is 57.1 Å². The molecule has 0 bridgehead atoms. The average molecular weight is 378 g/mol. The van der Waals surface area contributed by atoms with E-state index in [0.29, 0.717) is 18.8 Å². The SMILES string of the molecule is CCCNC(=O)C[NH+]1CC[C@]2(O)CCCC[C@@H]2[C@H]1c1ccc(O)c(OC)c1. The zero-order chi connectivity index (χ0) is 19.4. The predicted octanol–water partition coefficient (Wildman–Crippen LogP) is 1.18. The number of piperidine rings is 1. The van der Waals surface area contributed by atoms with Gasteiger partial charge in [-0.15, -0.1) is 0 Å². The lowest BCUT2D eigenvalue weighted by molar-refractivity contribution is -0.937. The molecule has 4 N–H and O–H groups in total. The van der Waals surface area contributed by atoms with Gasteiger partial charge in [-0.25, -0.2) is 0 Å². The van der Waals surface area contributed by atoms with Crippen LogP contribution in [-0.2, 0) is 4.79 Å². The molecule has 6 heteroatoms. The second-order valence-electron chi connectivity index (χ2n) is 8.05. The molecule has 2 fully saturated rings. The number of benzene rings is 1. The van der Waals surface area contributed by atoms with E-state index < -0.39 is 5.60 Å². The van der Waals surface area contributed by atoms with Crippen molar-refractivity contribution in [3.05, 3.63) is 23.8 Å². The van der Waals surface area contributed by atoms with Gasteiger partial charge in [0.1, 0.15) is 6.04 Å². The number of methoxy groups -OCH3 is 1. The van der Waals surface area contributed by atoms with E-state index >= 15 is 0 Å². The minimum absolute atomic E-state index is 0.0194. The van der Waals surface area contributed by atoms with Crippen LogP contribution in [-0.4, -0.2) is 48.5 Å². The Morgan fingerprint density at radius 3 is 2.93 bits per heavy atom. The van der Waals surface area contributed by atoms with Crippen molar-refractivity contribution in [2.24, 2.45) is 5.92 Å². The number of phenols is 1. The van der Waals surface area contributed by atoms with Gasteiger partial charge in [0, 0.05) is 24.4 Å². The Hall–Kier alpha value is -1.79. The first-order chi connectivity index (χ1) is 13.0. The van der Waals surface area contributed by atoms with Gasteiger partial charge in [-0.3, -0.25) is 4.79 Å². The maximum atomic E-state index is 12.4. The molecule has 1 heterocycles. The number of amides is 1. The van der Waals surface area contributed by atoms with E-state index in [1.54, 1.807) is 13.2 Å². The van der Waals surface area contributed by atoms with Crippen LogP contribution in [0.15, 0.2) is 18.2 Å². The molecule has 1 unspecified atom stereocenters. The molecule has 1 saturated carbocycles. The topological polar surface area (TPSA) is 83.2 Å². The molecule has 1 amide bonds. The minimum atomic E-state index is -0.655. The molecule has 4 atom stereocenters. The third kappa shape index (κ3) is 4.22. The van der Waals surface area contributed by atoms with Gasteiger partial charge in [0.25, 0.3) is 5.91 Å². The second kappa shape index (κ2) is 8.48. The summed E-state index contributed by atoms with van der Waals surface area (Å²) in [5.41, 5.74) is 0.366. The Balaban J connectivity index is 1.91. The van der Waals surface area contributed by atoms with Gasteiger partial charge in [0.15, 0.2) is 18.0 Å². The van der Waals surface area contributed by atoms with E-state index in [1.165, 1.54) is 4.90 Å². The molecule has 3 rings (SSSR count). The van der Waals surface area contributed by atoms with Crippen molar-refractivity contribution in [3.63, 3.8) is 0 Å². The summed E-state index contributed by atoms with van der Waals surface area (Å²) in [5, 5.41) is 24.3. The monoisotopic (exact) mass is 377 g/mol. The van der Waals surface area contributed by atoms with Crippen LogP contribution in [0.25, 0.3) is 0 Å². The molecular formula is C21H33N2O4+. The van der Waals surface area contributed by atoms with Crippen molar-refractivity contribution >= 4 is 5.91 Å². The molecular weight excluding hydrogens is 344 g/mol. The Morgan fingerprint density at radius 2 is 2.19 bits per heavy atom. The Morgan fingerprint density at radius 1 is 1.37 bits per heavy atom. The number of carbonyl (C=O) groups excluding carboxylic acids is 1. The van der Waals surface area contributed by atoms with Crippen molar-refractivity contribution in [1.82, 2.24) is 5.32 Å². The first kappa shape index (κ1) is 20.0. The number of nitrogens with one attached hydrogen (secondary N) is 2. The van der Waals surface area contributed by atoms with E-state index in [4.69, 9.17) is 4.74 Å². The molecule has 1 aliphatic carbocycles. The molecule has 2 aliphatic rings. The number of hydrogen-bond acceptors (Lipinski definition) is 4. The fraction of sp³-hybridized carbons (Fsp3) is 0.667. The van der Waals surface area contributed by atoms with Crippen molar-refractivity contribution in [3.8, 4) is 11.5 Å². The smallest absolute Gasteiger partial charge is 0.275 e. The van der Waals surface area contributed by atoms with Crippen LogP contribution >= 0.6 is 0 Å². The summed E-state index contributed by atoms with van der Waals surface area (Å²) >= 11 is 0. The van der Waals surface area contributed by atoms with Gasteiger partial charge in [0.2, 0.25) is 0 Å².